The van der Waals surface area contributed by atoms with E-state index in [1.807, 2.05) is 0 Å². The number of hydrogen-bond donors (Lipinski definition) is 0. The van der Waals surface area contributed by atoms with Crippen molar-refractivity contribution >= 4 is 27.4 Å². The molecule has 0 radical (unpaired) electrons. The zero-order chi connectivity index (χ0) is 20.0. The molecule has 0 saturated carbocycles. The zero-order valence-electron chi connectivity index (χ0n) is 14.6. The molecule has 0 atom stereocenters. The van der Waals surface area contributed by atoms with E-state index in [4.69, 9.17) is 4.74 Å². The second-order valence-corrected chi connectivity index (χ2v) is 7.21. The van der Waals surface area contributed by atoms with Gasteiger partial charge in [-0.05, 0) is 37.3 Å². The van der Waals surface area contributed by atoms with Gasteiger partial charge in [0.05, 0.1) is 34.2 Å². The monoisotopic (exact) mass is 390 g/mol. The number of nitro benzene ring substituents is 1. The van der Waals surface area contributed by atoms with E-state index in [9.17, 15) is 23.3 Å². The van der Waals surface area contributed by atoms with Crippen LogP contribution in [0, 0.1) is 10.1 Å². The molecule has 2 aromatic carbocycles. The smallest absolute Gasteiger partial charge is 0.338 e. The van der Waals surface area contributed by atoms with E-state index < -0.39 is 20.9 Å². The van der Waals surface area contributed by atoms with Crippen molar-refractivity contribution in [3.63, 3.8) is 0 Å². The lowest BCUT2D eigenvalue weighted by atomic mass is 10.2. The lowest BCUT2D eigenvalue weighted by molar-refractivity contribution is -0.384. The summed E-state index contributed by atoms with van der Waals surface area (Å²) in [6.45, 7) is 5.39. The minimum atomic E-state index is -4.03. The fraction of sp³-hybridized carbons (Fsp3) is 0.167. The van der Waals surface area contributed by atoms with Gasteiger partial charge in [-0.1, -0.05) is 12.1 Å². The summed E-state index contributed by atoms with van der Waals surface area (Å²) >= 11 is 0. The van der Waals surface area contributed by atoms with Crippen molar-refractivity contribution in [3.05, 3.63) is 76.9 Å². The van der Waals surface area contributed by atoms with Crippen molar-refractivity contribution in [2.75, 3.05) is 17.5 Å². The average Bonchev–Trinajstić information content (AvgIpc) is 2.66. The topological polar surface area (TPSA) is 107 Å². The van der Waals surface area contributed by atoms with Crippen LogP contribution in [0.1, 0.15) is 17.3 Å². The molecular weight excluding hydrogens is 372 g/mol. The maximum atomic E-state index is 13.0. The largest absolute Gasteiger partial charge is 0.462 e. The Morgan fingerprint density at radius 2 is 1.93 bits per heavy atom. The third kappa shape index (κ3) is 4.50. The van der Waals surface area contributed by atoms with Crippen molar-refractivity contribution in [1.29, 1.82) is 0 Å². The van der Waals surface area contributed by atoms with Crippen molar-refractivity contribution in [2.45, 2.75) is 11.8 Å². The van der Waals surface area contributed by atoms with Gasteiger partial charge in [-0.15, -0.1) is 6.58 Å². The number of esters is 1. The normalized spacial score (nSPS) is 10.9. The fourth-order valence-electron chi connectivity index (χ4n) is 2.33. The molecule has 2 rings (SSSR count). The molecule has 0 saturated heterocycles. The van der Waals surface area contributed by atoms with Gasteiger partial charge in [0.1, 0.15) is 0 Å². The summed E-state index contributed by atoms with van der Waals surface area (Å²) in [4.78, 5) is 22.0. The van der Waals surface area contributed by atoms with E-state index in [0.29, 0.717) is 0 Å². The Morgan fingerprint density at radius 3 is 2.48 bits per heavy atom. The number of anilines is 1. The molecule has 2 aromatic rings. The van der Waals surface area contributed by atoms with Gasteiger partial charge < -0.3 is 4.74 Å². The van der Waals surface area contributed by atoms with E-state index >= 15 is 0 Å². The van der Waals surface area contributed by atoms with Crippen molar-refractivity contribution in [1.82, 2.24) is 0 Å². The second kappa shape index (κ2) is 8.45. The summed E-state index contributed by atoms with van der Waals surface area (Å²) in [5.41, 5.74) is 0.245. The van der Waals surface area contributed by atoms with Crippen LogP contribution in [0.3, 0.4) is 0 Å². The first-order chi connectivity index (χ1) is 12.8. The summed E-state index contributed by atoms with van der Waals surface area (Å²) < 4.78 is 32.0. The van der Waals surface area contributed by atoms with Crippen LogP contribution in [-0.2, 0) is 14.8 Å². The summed E-state index contributed by atoms with van der Waals surface area (Å²) in [5.74, 6) is -0.564. The average molecular weight is 390 g/mol. The van der Waals surface area contributed by atoms with Crippen molar-refractivity contribution < 1.29 is 22.9 Å². The molecule has 27 heavy (non-hydrogen) atoms. The molecule has 0 aliphatic rings. The predicted octanol–water partition coefficient (Wildman–Crippen LogP) is 3.15. The van der Waals surface area contributed by atoms with Gasteiger partial charge in [0, 0.05) is 12.1 Å². The quantitative estimate of drug-likeness (QED) is 0.297. The first-order valence-electron chi connectivity index (χ1n) is 7.96. The summed E-state index contributed by atoms with van der Waals surface area (Å²) in [6.07, 6.45) is 1.40. The molecule has 0 bridgehead atoms. The van der Waals surface area contributed by atoms with Gasteiger partial charge in [-0.2, -0.15) is 0 Å². The molecular formula is C18H18N2O6S. The standard InChI is InChI=1S/C18H18N2O6S/c1-3-12-19(16-7-5-6-14(13-16)18(21)26-4-2)27(24,25)17-10-8-15(9-11-17)20(22)23/h3,5-11,13H,1,4,12H2,2H3. The van der Waals surface area contributed by atoms with Crippen molar-refractivity contribution in [2.24, 2.45) is 0 Å². The van der Waals surface area contributed by atoms with Crippen LogP contribution in [-0.4, -0.2) is 32.5 Å². The summed E-state index contributed by atoms with van der Waals surface area (Å²) in [7, 11) is -4.03. The van der Waals surface area contributed by atoms with Gasteiger partial charge in [0.15, 0.2) is 0 Å². The third-order valence-corrected chi connectivity index (χ3v) is 5.38. The van der Waals surface area contributed by atoms with E-state index in [0.717, 1.165) is 16.4 Å². The Bertz CT molecular complexity index is 954. The highest BCUT2D eigenvalue weighted by Gasteiger charge is 2.25. The molecule has 0 heterocycles. The number of nitro groups is 1. The van der Waals surface area contributed by atoms with Gasteiger partial charge in [0.25, 0.3) is 15.7 Å². The molecule has 0 aliphatic heterocycles. The SMILES string of the molecule is C=CCN(c1cccc(C(=O)OCC)c1)S(=O)(=O)c1ccc([N+](=O)[O-])cc1. The molecule has 0 N–H and O–H groups in total. The Kier molecular flexibility index (Phi) is 6.30. The maximum absolute atomic E-state index is 13.0. The van der Waals surface area contributed by atoms with Crippen LogP contribution in [0.2, 0.25) is 0 Å². The first kappa shape index (κ1) is 20.1. The fourth-order valence-corrected chi connectivity index (χ4v) is 3.76. The highest BCUT2D eigenvalue weighted by Crippen LogP contribution is 2.26. The van der Waals surface area contributed by atoms with E-state index in [1.54, 1.807) is 13.0 Å². The van der Waals surface area contributed by atoms with Crippen LogP contribution in [0.5, 0.6) is 0 Å². The van der Waals surface area contributed by atoms with E-state index in [1.165, 1.54) is 36.4 Å². The lowest BCUT2D eigenvalue weighted by Gasteiger charge is -2.23. The Morgan fingerprint density at radius 1 is 1.26 bits per heavy atom. The van der Waals surface area contributed by atoms with Crippen LogP contribution >= 0.6 is 0 Å². The summed E-state index contributed by atoms with van der Waals surface area (Å²) in [5, 5.41) is 10.8. The number of carbonyl (C=O) groups is 1. The molecule has 0 amide bonds. The second-order valence-electron chi connectivity index (χ2n) is 5.35. The summed E-state index contributed by atoms with van der Waals surface area (Å²) in [6, 6.07) is 10.6. The number of benzene rings is 2. The molecule has 9 heteroatoms. The number of hydrogen-bond acceptors (Lipinski definition) is 6. The number of carbonyl (C=O) groups excluding carboxylic acids is 1. The van der Waals surface area contributed by atoms with E-state index in [2.05, 4.69) is 6.58 Å². The van der Waals surface area contributed by atoms with E-state index in [-0.39, 0.29) is 35.0 Å². The molecule has 0 fully saturated rings. The van der Waals surface area contributed by atoms with Crippen LogP contribution in [0.25, 0.3) is 0 Å². The van der Waals surface area contributed by atoms with Gasteiger partial charge in [-0.25, -0.2) is 13.2 Å². The molecule has 0 unspecified atom stereocenters. The zero-order valence-corrected chi connectivity index (χ0v) is 15.4. The Labute approximate surface area is 156 Å². The number of nitrogens with zero attached hydrogens (tertiary/aromatic N) is 2. The van der Waals surface area contributed by atoms with Crippen molar-refractivity contribution in [3.8, 4) is 0 Å². The third-order valence-electron chi connectivity index (χ3n) is 3.58. The highest BCUT2D eigenvalue weighted by molar-refractivity contribution is 7.92. The van der Waals surface area contributed by atoms with Gasteiger partial charge >= 0.3 is 5.97 Å². The Hall–Kier alpha value is -3.20. The highest BCUT2D eigenvalue weighted by atomic mass is 32.2. The number of ether oxygens (including phenoxy) is 1. The molecule has 142 valence electrons. The molecule has 0 aromatic heterocycles. The van der Waals surface area contributed by atoms with Crippen LogP contribution in [0.4, 0.5) is 11.4 Å². The minimum absolute atomic E-state index is 0.0500. The lowest BCUT2D eigenvalue weighted by Crippen LogP contribution is -2.31. The molecule has 8 nitrogen and oxygen atoms in total. The number of rotatable bonds is 8. The van der Waals surface area contributed by atoms with Crippen LogP contribution in [0.15, 0.2) is 66.1 Å². The maximum Gasteiger partial charge on any atom is 0.338 e. The number of sulfonamides is 1. The first-order valence-corrected chi connectivity index (χ1v) is 9.40. The minimum Gasteiger partial charge on any atom is -0.462 e. The van der Waals surface area contributed by atoms with Gasteiger partial charge in [-0.3, -0.25) is 14.4 Å². The van der Waals surface area contributed by atoms with Crippen LogP contribution < -0.4 is 4.31 Å². The molecule has 0 spiro atoms. The van der Waals surface area contributed by atoms with Gasteiger partial charge in [0.2, 0.25) is 0 Å². The Balaban J connectivity index is 2.46. The molecule has 0 aliphatic carbocycles. The predicted molar refractivity (Wildman–Crippen MR) is 100 cm³/mol. The number of non-ortho nitro benzene ring substituents is 1.